The van der Waals surface area contributed by atoms with Crippen LogP contribution in [0, 0.1) is 0 Å². The lowest BCUT2D eigenvalue weighted by molar-refractivity contribution is -0.207. The molecule has 0 radical (unpaired) electrons. The molecular weight excluding hydrogens is 416 g/mol. The summed E-state index contributed by atoms with van der Waals surface area (Å²) in [4.78, 5) is 0. The van der Waals surface area contributed by atoms with Crippen molar-refractivity contribution in [2.75, 3.05) is 0 Å². The number of hydrogen-bond donors (Lipinski definition) is 2. The van der Waals surface area contributed by atoms with Gasteiger partial charge in [0.2, 0.25) is 0 Å². The molecule has 0 aromatic heterocycles. The van der Waals surface area contributed by atoms with Gasteiger partial charge in [0.15, 0.2) is 0 Å². The highest BCUT2D eigenvalue weighted by Gasteiger charge is 2.53. The molecule has 0 spiro atoms. The van der Waals surface area contributed by atoms with Crippen molar-refractivity contribution in [1.29, 1.82) is 0 Å². The molecule has 4 nitrogen and oxygen atoms in total. The van der Waals surface area contributed by atoms with Gasteiger partial charge in [0, 0.05) is 12.8 Å². The van der Waals surface area contributed by atoms with E-state index >= 15 is 0 Å². The molecule has 2 aromatic carbocycles. The van der Waals surface area contributed by atoms with Gasteiger partial charge in [-0.3, -0.25) is 0 Å². The van der Waals surface area contributed by atoms with Crippen molar-refractivity contribution < 1.29 is 19.4 Å². The zero-order valence-corrected chi connectivity index (χ0v) is 21.6. The second kappa shape index (κ2) is 9.03. The van der Waals surface area contributed by atoms with E-state index in [-0.39, 0.29) is 11.1 Å². The van der Waals surface area contributed by atoms with Crippen LogP contribution in [0.5, 0.6) is 0 Å². The first kappa shape index (κ1) is 25.1. The third-order valence-corrected chi connectivity index (χ3v) is 11.7. The van der Waals surface area contributed by atoms with E-state index in [1.54, 1.807) is 27.7 Å². The van der Waals surface area contributed by atoms with E-state index in [2.05, 4.69) is 69.3 Å². The van der Waals surface area contributed by atoms with Crippen LogP contribution in [0.1, 0.15) is 61.3 Å². The predicted molar refractivity (Wildman–Crippen MR) is 133 cm³/mol. The standard InChI is InChI=1S/C27H40O4Si/c1-25(2,3)32(21-14-10-8-11-15-21,22-16-12-9-13-17-22)31-20-18-23(26(4,5)28)30-24(19-20)27(6,7)29/h8-17,20,23-24,28-29H,18-19H2,1-7H3/t23-,24-/m1/s1. The Balaban J connectivity index is 2.12. The van der Waals surface area contributed by atoms with E-state index in [1.807, 2.05) is 12.1 Å². The van der Waals surface area contributed by atoms with Crippen LogP contribution in [0.3, 0.4) is 0 Å². The van der Waals surface area contributed by atoms with Gasteiger partial charge in [0.25, 0.3) is 8.32 Å². The minimum absolute atomic E-state index is 0.136. The van der Waals surface area contributed by atoms with E-state index in [4.69, 9.17) is 9.16 Å². The van der Waals surface area contributed by atoms with Gasteiger partial charge < -0.3 is 19.4 Å². The number of rotatable bonds is 6. The highest BCUT2D eigenvalue weighted by Crippen LogP contribution is 2.41. The van der Waals surface area contributed by atoms with E-state index in [0.717, 1.165) is 0 Å². The fourth-order valence-electron chi connectivity index (χ4n) is 4.83. The van der Waals surface area contributed by atoms with Crippen LogP contribution in [0.15, 0.2) is 60.7 Å². The van der Waals surface area contributed by atoms with E-state index in [9.17, 15) is 10.2 Å². The lowest BCUT2D eigenvalue weighted by Crippen LogP contribution is -2.68. The molecule has 1 aliphatic heterocycles. The molecule has 0 bridgehead atoms. The maximum absolute atomic E-state index is 10.8. The van der Waals surface area contributed by atoms with E-state index < -0.39 is 31.7 Å². The highest BCUT2D eigenvalue weighted by atomic mass is 28.4. The lowest BCUT2D eigenvalue weighted by atomic mass is 9.86. The zero-order chi connectivity index (χ0) is 23.8. The fraction of sp³-hybridized carbons (Fsp3) is 0.556. The molecule has 0 amide bonds. The summed E-state index contributed by atoms with van der Waals surface area (Å²) in [7, 11) is -2.73. The van der Waals surface area contributed by atoms with E-state index in [0.29, 0.717) is 12.8 Å². The molecule has 2 N–H and O–H groups in total. The van der Waals surface area contributed by atoms with Gasteiger partial charge in [0.05, 0.1) is 29.5 Å². The summed E-state index contributed by atoms with van der Waals surface area (Å²) in [5.74, 6) is 0. The number of ether oxygens (including phenoxy) is 1. The average Bonchev–Trinajstić information content (AvgIpc) is 2.71. The summed E-state index contributed by atoms with van der Waals surface area (Å²) >= 11 is 0. The minimum Gasteiger partial charge on any atom is -0.404 e. The molecule has 1 saturated heterocycles. The molecule has 0 saturated carbocycles. The van der Waals surface area contributed by atoms with Crippen molar-refractivity contribution in [3.8, 4) is 0 Å². The number of aliphatic hydroxyl groups is 2. The van der Waals surface area contributed by atoms with Crippen LogP contribution in [0.4, 0.5) is 0 Å². The first-order valence-electron chi connectivity index (χ1n) is 11.6. The average molecular weight is 457 g/mol. The molecule has 32 heavy (non-hydrogen) atoms. The van der Waals surface area contributed by atoms with Crippen molar-refractivity contribution in [3.63, 3.8) is 0 Å². The third kappa shape index (κ3) is 5.18. The Morgan fingerprint density at radius 1 is 0.719 bits per heavy atom. The van der Waals surface area contributed by atoms with Gasteiger partial charge >= 0.3 is 0 Å². The Hall–Kier alpha value is -1.50. The normalized spacial score (nSPS) is 23.2. The molecule has 2 aromatic rings. The number of benzene rings is 2. The Labute approximate surface area is 194 Å². The van der Waals surface area contributed by atoms with Gasteiger partial charge in [0.1, 0.15) is 0 Å². The second-order valence-corrected chi connectivity index (χ2v) is 15.5. The maximum Gasteiger partial charge on any atom is 0.261 e. The largest absolute Gasteiger partial charge is 0.404 e. The topological polar surface area (TPSA) is 58.9 Å². The van der Waals surface area contributed by atoms with Crippen molar-refractivity contribution in [1.82, 2.24) is 0 Å². The van der Waals surface area contributed by atoms with Gasteiger partial charge in [-0.2, -0.15) is 0 Å². The fourth-order valence-corrected chi connectivity index (χ4v) is 9.54. The molecule has 1 heterocycles. The SMILES string of the molecule is CC(C)(O)[C@H]1CC(O[Si](c2ccccc2)(c2ccccc2)C(C)(C)C)C[C@H](C(C)(C)O)O1. The van der Waals surface area contributed by atoms with Crippen LogP contribution in [0.2, 0.25) is 5.04 Å². The Morgan fingerprint density at radius 3 is 1.41 bits per heavy atom. The van der Waals surface area contributed by atoms with Gasteiger partial charge in [-0.25, -0.2) is 0 Å². The smallest absolute Gasteiger partial charge is 0.261 e. The molecule has 5 heteroatoms. The summed E-state index contributed by atoms with van der Waals surface area (Å²) in [6, 6.07) is 21.1. The first-order chi connectivity index (χ1) is 14.7. The molecule has 1 fully saturated rings. The summed E-state index contributed by atoms with van der Waals surface area (Å²) in [6.07, 6.45) is 0.177. The monoisotopic (exact) mass is 456 g/mol. The van der Waals surface area contributed by atoms with Crippen molar-refractivity contribution >= 4 is 18.7 Å². The van der Waals surface area contributed by atoms with Crippen LogP contribution in [0.25, 0.3) is 0 Å². The summed E-state index contributed by atoms with van der Waals surface area (Å²) in [5.41, 5.74) is -2.06. The summed E-state index contributed by atoms with van der Waals surface area (Å²) in [5, 5.41) is 23.9. The first-order valence-corrected chi connectivity index (χ1v) is 13.5. The van der Waals surface area contributed by atoms with Crippen LogP contribution in [-0.2, 0) is 9.16 Å². The van der Waals surface area contributed by atoms with Gasteiger partial charge in [-0.1, -0.05) is 81.4 Å². The van der Waals surface area contributed by atoms with Crippen LogP contribution in [-0.4, -0.2) is 48.0 Å². The highest BCUT2D eigenvalue weighted by molar-refractivity contribution is 6.99. The van der Waals surface area contributed by atoms with Crippen molar-refractivity contribution in [2.24, 2.45) is 0 Å². The zero-order valence-electron chi connectivity index (χ0n) is 20.6. The molecule has 2 atom stereocenters. The van der Waals surface area contributed by atoms with E-state index in [1.165, 1.54) is 10.4 Å². The Kier molecular flexibility index (Phi) is 7.09. The summed E-state index contributed by atoms with van der Waals surface area (Å²) in [6.45, 7) is 13.9. The third-order valence-electron chi connectivity index (χ3n) is 6.62. The molecule has 176 valence electrons. The molecule has 1 aliphatic rings. The maximum atomic E-state index is 10.8. The number of hydrogen-bond acceptors (Lipinski definition) is 4. The minimum atomic E-state index is -2.73. The Bertz CT molecular complexity index is 801. The van der Waals surface area contributed by atoms with Gasteiger partial charge in [-0.05, 0) is 43.1 Å². The van der Waals surface area contributed by atoms with Crippen LogP contribution >= 0.6 is 0 Å². The van der Waals surface area contributed by atoms with Crippen molar-refractivity contribution in [3.05, 3.63) is 60.7 Å². The predicted octanol–water partition coefficient (Wildman–Crippen LogP) is 4.02. The summed E-state index contributed by atoms with van der Waals surface area (Å²) < 4.78 is 13.5. The Morgan fingerprint density at radius 2 is 1.09 bits per heavy atom. The van der Waals surface area contributed by atoms with Gasteiger partial charge in [-0.15, -0.1) is 0 Å². The lowest BCUT2D eigenvalue weighted by Gasteiger charge is -2.49. The molecule has 3 rings (SSSR count). The molecule has 0 unspecified atom stereocenters. The molecule has 0 aliphatic carbocycles. The second-order valence-electron chi connectivity index (χ2n) is 11.3. The van der Waals surface area contributed by atoms with Crippen LogP contribution < -0.4 is 10.4 Å². The molecular formula is C27H40O4Si. The quantitative estimate of drug-likeness (QED) is 0.645. The van der Waals surface area contributed by atoms with Crippen molar-refractivity contribution in [2.45, 2.75) is 95.9 Å².